The maximum Gasteiger partial charge on any atom is 0.138 e. The van der Waals surface area contributed by atoms with E-state index in [9.17, 15) is 5.11 Å². The minimum Gasteiger partial charge on any atom is -0.507 e. The van der Waals surface area contributed by atoms with Crippen LogP contribution in [0.15, 0.2) is 46.9 Å². The third-order valence-corrected chi connectivity index (χ3v) is 3.28. The molecule has 3 aromatic rings. The number of hydrogen-bond acceptors (Lipinski definition) is 2. The van der Waals surface area contributed by atoms with Crippen LogP contribution in [0, 0.1) is 0 Å². The normalized spacial score (nSPS) is 10.9. The Morgan fingerprint density at radius 3 is 2.71 bits per heavy atom. The Bertz CT molecular complexity index is 658. The van der Waals surface area contributed by atoms with Crippen molar-refractivity contribution in [3.8, 4) is 17.1 Å². The van der Waals surface area contributed by atoms with Crippen LogP contribution in [0.4, 0.5) is 0 Å². The van der Waals surface area contributed by atoms with E-state index in [1.807, 2.05) is 30.3 Å². The minimum absolute atomic E-state index is 0.211. The molecule has 0 spiro atoms. The molecule has 3 nitrogen and oxygen atoms in total. The lowest BCUT2D eigenvalue weighted by Crippen LogP contribution is -1.80. The fourth-order valence-electron chi connectivity index (χ4n) is 1.75. The van der Waals surface area contributed by atoms with Gasteiger partial charge in [-0.2, -0.15) is 0 Å². The van der Waals surface area contributed by atoms with Gasteiger partial charge in [0.05, 0.1) is 15.5 Å². The number of rotatable bonds is 1. The summed E-state index contributed by atoms with van der Waals surface area (Å²) in [5, 5.41) is 9.65. The van der Waals surface area contributed by atoms with E-state index in [1.54, 1.807) is 12.1 Å². The van der Waals surface area contributed by atoms with E-state index < -0.39 is 0 Å². The molecule has 0 aliphatic rings. The molecule has 0 atom stereocenters. The highest BCUT2D eigenvalue weighted by molar-refractivity contribution is 9.10. The van der Waals surface area contributed by atoms with Crippen LogP contribution in [0.1, 0.15) is 0 Å². The zero-order valence-corrected chi connectivity index (χ0v) is 10.4. The number of aromatic nitrogens is 2. The number of fused-ring (bicyclic) bond motifs is 1. The number of phenolic OH excluding ortho intramolecular Hbond substituents is 1. The molecule has 0 fully saturated rings. The molecule has 4 heteroatoms. The van der Waals surface area contributed by atoms with Crippen molar-refractivity contribution in [3.63, 3.8) is 0 Å². The molecule has 1 aromatic heterocycles. The van der Waals surface area contributed by atoms with Crippen molar-refractivity contribution in [1.82, 2.24) is 9.97 Å². The lowest BCUT2D eigenvalue weighted by molar-refractivity contribution is 0.472. The summed E-state index contributed by atoms with van der Waals surface area (Å²) in [6.45, 7) is 0. The summed E-state index contributed by atoms with van der Waals surface area (Å²) in [6.07, 6.45) is 0. The predicted octanol–water partition coefficient (Wildman–Crippen LogP) is 3.70. The van der Waals surface area contributed by atoms with Gasteiger partial charge in [-0.25, -0.2) is 4.98 Å². The average Bonchev–Trinajstić information content (AvgIpc) is 2.76. The minimum atomic E-state index is 0.211. The number of benzene rings is 2. The summed E-state index contributed by atoms with van der Waals surface area (Å²) in [5.41, 5.74) is 2.77. The van der Waals surface area contributed by atoms with Gasteiger partial charge in [-0.15, -0.1) is 0 Å². The Morgan fingerprint density at radius 2 is 1.94 bits per heavy atom. The summed E-state index contributed by atoms with van der Waals surface area (Å²) in [6, 6.07) is 13.2. The quantitative estimate of drug-likeness (QED) is 0.717. The van der Waals surface area contributed by atoms with Crippen LogP contribution in [0.5, 0.6) is 5.75 Å². The van der Waals surface area contributed by atoms with Gasteiger partial charge in [-0.05, 0) is 46.3 Å². The molecule has 0 radical (unpaired) electrons. The molecule has 0 bridgehead atoms. The first-order valence-corrected chi connectivity index (χ1v) is 5.97. The van der Waals surface area contributed by atoms with Gasteiger partial charge in [0, 0.05) is 5.56 Å². The Morgan fingerprint density at radius 1 is 1.12 bits per heavy atom. The highest BCUT2D eigenvalue weighted by Gasteiger charge is 2.06. The van der Waals surface area contributed by atoms with Crippen molar-refractivity contribution in [2.75, 3.05) is 0 Å². The molecule has 0 amide bonds. The van der Waals surface area contributed by atoms with Crippen molar-refractivity contribution >= 4 is 27.0 Å². The van der Waals surface area contributed by atoms with Gasteiger partial charge in [0.2, 0.25) is 0 Å². The van der Waals surface area contributed by atoms with E-state index in [4.69, 9.17) is 0 Å². The molecule has 3 rings (SSSR count). The Hall–Kier alpha value is -1.81. The molecule has 2 N–H and O–H groups in total. The number of nitrogens with zero attached hydrogens (tertiary/aromatic N) is 1. The molecule has 17 heavy (non-hydrogen) atoms. The van der Waals surface area contributed by atoms with Crippen LogP contribution in [0.3, 0.4) is 0 Å². The molecule has 84 valence electrons. The summed E-state index contributed by atoms with van der Waals surface area (Å²) >= 11 is 3.26. The summed E-state index contributed by atoms with van der Waals surface area (Å²) < 4.78 is 0.678. The lowest BCUT2D eigenvalue weighted by atomic mass is 10.2. The molecule has 0 saturated heterocycles. The first-order chi connectivity index (χ1) is 8.24. The van der Waals surface area contributed by atoms with Gasteiger partial charge >= 0.3 is 0 Å². The largest absolute Gasteiger partial charge is 0.507 e. The van der Waals surface area contributed by atoms with Crippen molar-refractivity contribution in [3.05, 3.63) is 46.9 Å². The van der Waals surface area contributed by atoms with Crippen LogP contribution in [-0.2, 0) is 0 Å². The number of hydrogen-bond donors (Lipinski definition) is 2. The number of halogens is 1. The number of aromatic amines is 1. The maximum absolute atomic E-state index is 9.65. The van der Waals surface area contributed by atoms with Gasteiger partial charge in [0.25, 0.3) is 0 Å². The summed E-state index contributed by atoms with van der Waals surface area (Å²) in [4.78, 5) is 7.69. The number of nitrogens with one attached hydrogen (secondary N) is 1. The van der Waals surface area contributed by atoms with Gasteiger partial charge in [-0.1, -0.05) is 12.1 Å². The average molecular weight is 289 g/mol. The summed E-state index contributed by atoms with van der Waals surface area (Å²) in [5.74, 6) is 0.969. The van der Waals surface area contributed by atoms with E-state index in [1.165, 1.54) is 0 Å². The number of phenols is 1. The number of imidazole rings is 1. The van der Waals surface area contributed by atoms with Gasteiger partial charge < -0.3 is 10.1 Å². The SMILES string of the molecule is Oc1cc(-c2nc3ccccc3[nH]2)ccc1Br. The number of aromatic hydroxyl groups is 1. The molecule has 0 aliphatic heterocycles. The highest BCUT2D eigenvalue weighted by Crippen LogP contribution is 2.29. The fraction of sp³-hybridized carbons (Fsp3) is 0. The molecular formula is C13H9BrN2O. The van der Waals surface area contributed by atoms with Crippen LogP contribution >= 0.6 is 15.9 Å². The molecule has 2 aromatic carbocycles. The van der Waals surface area contributed by atoms with Crippen LogP contribution < -0.4 is 0 Å². The zero-order valence-electron chi connectivity index (χ0n) is 8.81. The van der Waals surface area contributed by atoms with Gasteiger partial charge in [0.15, 0.2) is 0 Å². The van der Waals surface area contributed by atoms with Crippen molar-refractivity contribution in [2.45, 2.75) is 0 Å². The number of H-pyrrole nitrogens is 1. The second kappa shape index (κ2) is 3.89. The topological polar surface area (TPSA) is 48.9 Å². The third kappa shape index (κ3) is 1.80. The zero-order chi connectivity index (χ0) is 11.8. The first-order valence-electron chi connectivity index (χ1n) is 5.18. The smallest absolute Gasteiger partial charge is 0.138 e. The van der Waals surface area contributed by atoms with Crippen LogP contribution in [0.2, 0.25) is 0 Å². The monoisotopic (exact) mass is 288 g/mol. The fourth-order valence-corrected chi connectivity index (χ4v) is 2.00. The molecular weight excluding hydrogens is 280 g/mol. The predicted molar refractivity (Wildman–Crippen MR) is 70.9 cm³/mol. The van der Waals surface area contributed by atoms with E-state index in [0.29, 0.717) is 4.47 Å². The van der Waals surface area contributed by atoms with E-state index in [0.717, 1.165) is 22.4 Å². The Balaban J connectivity index is 2.17. The van der Waals surface area contributed by atoms with Crippen molar-refractivity contribution < 1.29 is 5.11 Å². The van der Waals surface area contributed by atoms with E-state index >= 15 is 0 Å². The standard InChI is InChI=1S/C13H9BrN2O/c14-9-6-5-8(7-12(9)17)13-15-10-3-1-2-4-11(10)16-13/h1-7,17H,(H,15,16). The first kappa shape index (κ1) is 10.4. The third-order valence-electron chi connectivity index (χ3n) is 2.61. The molecule has 0 aliphatic carbocycles. The maximum atomic E-state index is 9.65. The van der Waals surface area contributed by atoms with Gasteiger partial charge in [0.1, 0.15) is 11.6 Å². The molecule has 0 saturated carbocycles. The Kier molecular flexibility index (Phi) is 2.37. The lowest BCUT2D eigenvalue weighted by Gasteiger charge is -1.99. The molecule has 1 heterocycles. The number of para-hydroxylation sites is 2. The second-order valence-corrected chi connectivity index (χ2v) is 4.62. The van der Waals surface area contributed by atoms with Crippen molar-refractivity contribution in [2.24, 2.45) is 0 Å². The second-order valence-electron chi connectivity index (χ2n) is 3.77. The van der Waals surface area contributed by atoms with Crippen LogP contribution in [0.25, 0.3) is 22.4 Å². The van der Waals surface area contributed by atoms with E-state index in [2.05, 4.69) is 25.9 Å². The van der Waals surface area contributed by atoms with E-state index in [-0.39, 0.29) is 5.75 Å². The highest BCUT2D eigenvalue weighted by atomic mass is 79.9. The Labute approximate surface area is 106 Å². The van der Waals surface area contributed by atoms with Gasteiger partial charge in [-0.3, -0.25) is 0 Å². The van der Waals surface area contributed by atoms with Crippen molar-refractivity contribution in [1.29, 1.82) is 0 Å². The molecule has 0 unspecified atom stereocenters. The summed E-state index contributed by atoms with van der Waals surface area (Å²) in [7, 11) is 0. The van der Waals surface area contributed by atoms with Crippen LogP contribution in [-0.4, -0.2) is 15.1 Å².